The zero-order valence-corrected chi connectivity index (χ0v) is 13.5. The monoisotopic (exact) mass is 315 g/mol. The molecule has 0 saturated carbocycles. The Hall–Kier alpha value is -1.59. The molecular formula is C15H22ClNO4. The van der Waals surface area contributed by atoms with E-state index >= 15 is 0 Å². The molecule has 1 aromatic carbocycles. The van der Waals surface area contributed by atoms with Crippen LogP contribution in [0, 0.1) is 0 Å². The third kappa shape index (κ3) is 5.73. The van der Waals surface area contributed by atoms with Crippen LogP contribution in [0.4, 0.5) is 0 Å². The number of benzene rings is 1. The smallest absolute Gasteiger partial charge is 0.338 e. The first kappa shape index (κ1) is 19.4. The summed E-state index contributed by atoms with van der Waals surface area (Å²) in [5, 5.41) is 0. The standard InChI is InChI=1S/C15H21NO4.ClH/c1-15(2,3)20-13(17)11-7-5-10(6-8-11)12(9-16)14(18)19-4;/h5-8,12H,9,16H2,1-4H3;1H. The molecule has 0 aliphatic heterocycles. The number of ether oxygens (including phenoxy) is 2. The van der Waals surface area contributed by atoms with Gasteiger partial charge in [0.2, 0.25) is 0 Å². The minimum Gasteiger partial charge on any atom is -0.469 e. The lowest BCUT2D eigenvalue weighted by molar-refractivity contribution is -0.142. The van der Waals surface area contributed by atoms with E-state index in [9.17, 15) is 9.59 Å². The number of carbonyl (C=O) groups excluding carboxylic acids is 2. The van der Waals surface area contributed by atoms with Crippen LogP contribution in [0.2, 0.25) is 0 Å². The van der Waals surface area contributed by atoms with Crippen LogP contribution in [-0.4, -0.2) is 31.2 Å². The van der Waals surface area contributed by atoms with Crippen LogP contribution in [0.1, 0.15) is 42.6 Å². The molecule has 1 atom stereocenters. The number of carbonyl (C=O) groups is 2. The summed E-state index contributed by atoms with van der Waals surface area (Å²) >= 11 is 0. The molecule has 0 radical (unpaired) electrons. The normalized spacial score (nSPS) is 12.0. The van der Waals surface area contributed by atoms with Crippen LogP contribution in [0.25, 0.3) is 0 Å². The van der Waals surface area contributed by atoms with E-state index in [4.69, 9.17) is 15.2 Å². The number of halogens is 1. The number of hydrogen-bond acceptors (Lipinski definition) is 5. The predicted molar refractivity (Wildman–Crippen MR) is 82.7 cm³/mol. The molecule has 0 aromatic heterocycles. The van der Waals surface area contributed by atoms with Gasteiger partial charge < -0.3 is 15.2 Å². The van der Waals surface area contributed by atoms with Crippen molar-refractivity contribution in [3.05, 3.63) is 35.4 Å². The molecule has 0 aliphatic carbocycles. The Balaban J connectivity index is 0.00000400. The van der Waals surface area contributed by atoms with Crippen molar-refractivity contribution >= 4 is 24.3 Å². The van der Waals surface area contributed by atoms with Crippen molar-refractivity contribution in [2.75, 3.05) is 13.7 Å². The van der Waals surface area contributed by atoms with Crippen LogP contribution in [0.5, 0.6) is 0 Å². The molecule has 2 N–H and O–H groups in total. The molecule has 1 rings (SSSR count). The van der Waals surface area contributed by atoms with Crippen molar-refractivity contribution in [2.45, 2.75) is 32.3 Å². The highest BCUT2D eigenvalue weighted by Gasteiger charge is 2.21. The largest absolute Gasteiger partial charge is 0.469 e. The fourth-order valence-electron chi connectivity index (χ4n) is 1.70. The van der Waals surface area contributed by atoms with Crippen LogP contribution < -0.4 is 5.73 Å². The van der Waals surface area contributed by atoms with Gasteiger partial charge in [0.05, 0.1) is 18.6 Å². The third-order valence-corrected chi connectivity index (χ3v) is 2.67. The highest BCUT2D eigenvalue weighted by atomic mass is 35.5. The van der Waals surface area contributed by atoms with Gasteiger partial charge in [-0.05, 0) is 38.5 Å². The van der Waals surface area contributed by atoms with Gasteiger partial charge in [-0.15, -0.1) is 12.4 Å². The molecule has 0 fully saturated rings. The second kappa shape index (κ2) is 8.00. The molecule has 21 heavy (non-hydrogen) atoms. The van der Waals surface area contributed by atoms with Gasteiger partial charge in [0.1, 0.15) is 5.60 Å². The first-order chi connectivity index (χ1) is 9.28. The zero-order valence-electron chi connectivity index (χ0n) is 12.7. The molecule has 0 amide bonds. The minimum atomic E-state index is -0.540. The van der Waals surface area contributed by atoms with Crippen molar-refractivity contribution in [1.29, 1.82) is 0 Å². The van der Waals surface area contributed by atoms with Crippen molar-refractivity contribution in [1.82, 2.24) is 0 Å². The van der Waals surface area contributed by atoms with E-state index in [0.29, 0.717) is 11.1 Å². The minimum absolute atomic E-state index is 0. The third-order valence-electron chi connectivity index (χ3n) is 2.67. The zero-order chi connectivity index (χ0) is 15.3. The Kier molecular flexibility index (Phi) is 7.39. The van der Waals surface area contributed by atoms with Crippen molar-refractivity contribution in [3.8, 4) is 0 Å². The van der Waals surface area contributed by atoms with Crippen molar-refractivity contribution in [2.24, 2.45) is 5.73 Å². The van der Waals surface area contributed by atoms with Crippen LogP contribution >= 0.6 is 12.4 Å². The summed E-state index contributed by atoms with van der Waals surface area (Å²) in [6, 6.07) is 6.62. The van der Waals surface area contributed by atoms with Gasteiger partial charge in [-0.25, -0.2) is 4.79 Å². The van der Waals surface area contributed by atoms with Crippen molar-refractivity contribution in [3.63, 3.8) is 0 Å². The molecule has 0 saturated heterocycles. The lowest BCUT2D eigenvalue weighted by atomic mass is 9.98. The summed E-state index contributed by atoms with van der Waals surface area (Å²) < 4.78 is 9.95. The number of nitrogens with two attached hydrogens (primary N) is 1. The lowest BCUT2D eigenvalue weighted by Gasteiger charge is -2.19. The first-order valence-corrected chi connectivity index (χ1v) is 6.39. The number of methoxy groups -OCH3 is 1. The van der Waals surface area contributed by atoms with Crippen LogP contribution in [0.3, 0.4) is 0 Å². The van der Waals surface area contributed by atoms with E-state index in [2.05, 4.69) is 0 Å². The quantitative estimate of drug-likeness (QED) is 0.862. The Morgan fingerprint density at radius 1 is 1.19 bits per heavy atom. The lowest BCUT2D eigenvalue weighted by Crippen LogP contribution is -2.24. The summed E-state index contributed by atoms with van der Waals surface area (Å²) in [6.07, 6.45) is 0. The molecule has 0 aliphatic rings. The number of esters is 2. The molecule has 6 heteroatoms. The average molecular weight is 316 g/mol. The highest BCUT2D eigenvalue weighted by Crippen LogP contribution is 2.18. The van der Waals surface area contributed by atoms with Crippen molar-refractivity contribution < 1.29 is 19.1 Å². The van der Waals surface area contributed by atoms with E-state index in [1.165, 1.54) is 7.11 Å². The Bertz CT molecular complexity index is 479. The molecule has 0 bridgehead atoms. The molecule has 0 spiro atoms. The van der Waals surface area contributed by atoms with Gasteiger partial charge in [0.25, 0.3) is 0 Å². The molecule has 118 valence electrons. The van der Waals surface area contributed by atoms with Gasteiger partial charge in [0.15, 0.2) is 0 Å². The van der Waals surface area contributed by atoms with Crippen LogP contribution in [-0.2, 0) is 14.3 Å². The maximum atomic E-state index is 11.9. The second-order valence-electron chi connectivity index (χ2n) is 5.44. The van der Waals surface area contributed by atoms with E-state index in [1.54, 1.807) is 45.0 Å². The fourth-order valence-corrected chi connectivity index (χ4v) is 1.70. The summed E-state index contributed by atoms with van der Waals surface area (Å²) in [5.41, 5.74) is 6.18. The maximum Gasteiger partial charge on any atom is 0.338 e. The summed E-state index contributed by atoms with van der Waals surface area (Å²) in [4.78, 5) is 23.4. The van der Waals surface area contributed by atoms with Gasteiger partial charge in [-0.3, -0.25) is 4.79 Å². The summed E-state index contributed by atoms with van der Waals surface area (Å²) in [7, 11) is 1.32. The van der Waals surface area contributed by atoms with Gasteiger partial charge in [0, 0.05) is 6.54 Å². The molecule has 1 aromatic rings. The number of hydrogen-bond donors (Lipinski definition) is 1. The molecule has 0 heterocycles. The molecule has 1 unspecified atom stereocenters. The molecule has 5 nitrogen and oxygen atoms in total. The van der Waals surface area contributed by atoms with E-state index < -0.39 is 23.5 Å². The van der Waals surface area contributed by atoms with Gasteiger partial charge >= 0.3 is 11.9 Å². The summed E-state index contributed by atoms with van der Waals surface area (Å²) in [6.45, 7) is 5.57. The first-order valence-electron chi connectivity index (χ1n) is 6.39. The van der Waals surface area contributed by atoms with Gasteiger partial charge in [-0.2, -0.15) is 0 Å². The predicted octanol–water partition coefficient (Wildman–Crippen LogP) is 2.28. The second-order valence-corrected chi connectivity index (χ2v) is 5.44. The number of rotatable bonds is 4. The average Bonchev–Trinajstić information content (AvgIpc) is 2.38. The van der Waals surface area contributed by atoms with Gasteiger partial charge in [-0.1, -0.05) is 12.1 Å². The van der Waals surface area contributed by atoms with E-state index in [0.717, 1.165) is 0 Å². The van der Waals surface area contributed by atoms with E-state index in [1.807, 2.05) is 0 Å². The van der Waals surface area contributed by atoms with Crippen LogP contribution in [0.15, 0.2) is 24.3 Å². The highest BCUT2D eigenvalue weighted by molar-refractivity contribution is 5.90. The Labute approximate surface area is 131 Å². The fraction of sp³-hybridized carbons (Fsp3) is 0.467. The summed E-state index contributed by atoms with van der Waals surface area (Å²) in [5.74, 6) is -1.31. The SMILES string of the molecule is COC(=O)C(CN)c1ccc(C(=O)OC(C)(C)C)cc1.Cl. The molecular weight excluding hydrogens is 294 g/mol. The Morgan fingerprint density at radius 2 is 1.71 bits per heavy atom. The topological polar surface area (TPSA) is 78.6 Å². The van der Waals surface area contributed by atoms with E-state index in [-0.39, 0.29) is 19.0 Å². The maximum absolute atomic E-state index is 11.9. The Morgan fingerprint density at radius 3 is 2.10 bits per heavy atom.